The van der Waals surface area contributed by atoms with Crippen LogP contribution < -0.4 is 0 Å². The maximum absolute atomic E-state index is 12.9. The molecule has 0 aromatic heterocycles. The third-order valence-corrected chi connectivity index (χ3v) is 13.9. The van der Waals surface area contributed by atoms with Gasteiger partial charge in [0.2, 0.25) is 0 Å². The number of rotatable bonds is 59. The van der Waals surface area contributed by atoms with Crippen LogP contribution in [0.15, 0.2) is 122 Å². The van der Waals surface area contributed by atoms with Gasteiger partial charge in [0.25, 0.3) is 0 Å². The molecule has 0 heterocycles. The second kappa shape index (κ2) is 66.3. The zero-order chi connectivity index (χ0) is 57.1. The molecule has 6 heteroatoms. The highest BCUT2D eigenvalue weighted by Gasteiger charge is 2.19. The minimum Gasteiger partial charge on any atom is -0.462 e. The molecular weight excluding hydrogens is 973 g/mol. The lowest BCUT2D eigenvalue weighted by Gasteiger charge is -2.18. The van der Waals surface area contributed by atoms with Crippen LogP contribution in [0.5, 0.6) is 0 Å². The number of allylic oxidation sites excluding steroid dienone is 20. The highest BCUT2D eigenvalue weighted by atomic mass is 16.6. The van der Waals surface area contributed by atoms with E-state index in [1.165, 1.54) is 128 Å². The van der Waals surface area contributed by atoms with Crippen LogP contribution in [0.25, 0.3) is 0 Å². The van der Waals surface area contributed by atoms with Gasteiger partial charge in [-0.15, -0.1) is 0 Å². The Bertz CT molecular complexity index is 1640. The fourth-order valence-electron chi connectivity index (χ4n) is 9.03. The normalized spacial score (nSPS) is 12.9. The van der Waals surface area contributed by atoms with Gasteiger partial charge in [-0.25, -0.2) is 0 Å². The summed E-state index contributed by atoms with van der Waals surface area (Å²) in [6, 6.07) is 0. The van der Waals surface area contributed by atoms with Crippen molar-refractivity contribution in [2.24, 2.45) is 0 Å². The number of carbonyl (C=O) groups is 3. The summed E-state index contributed by atoms with van der Waals surface area (Å²) in [7, 11) is 0. The Hall–Kier alpha value is -4.19. The lowest BCUT2D eigenvalue weighted by atomic mass is 10.0. The van der Waals surface area contributed by atoms with Crippen molar-refractivity contribution in [3.05, 3.63) is 122 Å². The lowest BCUT2D eigenvalue weighted by molar-refractivity contribution is -0.167. The Kier molecular flexibility index (Phi) is 62.8. The van der Waals surface area contributed by atoms with Crippen molar-refractivity contribution in [3.8, 4) is 0 Å². The van der Waals surface area contributed by atoms with Gasteiger partial charge < -0.3 is 14.2 Å². The molecule has 0 saturated carbocycles. The molecule has 0 bridgehead atoms. The number of hydrogen-bond donors (Lipinski definition) is 0. The van der Waals surface area contributed by atoms with Crippen LogP contribution in [0.3, 0.4) is 0 Å². The summed E-state index contributed by atoms with van der Waals surface area (Å²) in [5.41, 5.74) is 0. The topological polar surface area (TPSA) is 78.9 Å². The predicted molar refractivity (Wildman–Crippen MR) is 343 cm³/mol. The Labute approximate surface area is 488 Å². The van der Waals surface area contributed by atoms with Gasteiger partial charge in [0, 0.05) is 19.3 Å². The van der Waals surface area contributed by atoms with Gasteiger partial charge >= 0.3 is 17.9 Å². The van der Waals surface area contributed by atoms with E-state index in [0.29, 0.717) is 19.3 Å². The van der Waals surface area contributed by atoms with E-state index in [2.05, 4.69) is 142 Å². The summed E-state index contributed by atoms with van der Waals surface area (Å²) in [5, 5.41) is 0. The van der Waals surface area contributed by atoms with Gasteiger partial charge in [0.1, 0.15) is 13.2 Å². The van der Waals surface area contributed by atoms with E-state index in [1.807, 2.05) is 0 Å². The lowest BCUT2D eigenvalue weighted by Crippen LogP contribution is -2.30. The summed E-state index contributed by atoms with van der Waals surface area (Å²) in [5.74, 6) is -0.905. The molecule has 0 aromatic carbocycles. The maximum atomic E-state index is 12.9. The highest BCUT2D eigenvalue weighted by Crippen LogP contribution is 2.16. The molecule has 79 heavy (non-hydrogen) atoms. The monoisotopic (exact) mass is 1090 g/mol. The predicted octanol–water partition coefficient (Wildman–Crippen LogP) is 22.8. The van der Waals surface area contributed by atoms with Crippen LogP contribution in [0.4, 0.5) is 0 Å². The van der Waals surface area contributed by atoms with E-state index >= 15 is 0 Å². The largest absolute Gasteiger partial charge is 0.462 e. The third kappa shape index (κ3) is 64.5. The molecular formula is C73H122O6. The first-order valence-electron chi connectivity index (χ1n) is 33.0. The number of esters is 3. The summed E-state index contributed by atoms with van der Waals surface area (Å²) >= 11 is 0. The van der Waals surface area contributed by atoms with E-state index in [-0.39, 0.29) is 31.1 Å². The van der Waals surface area contributed by atoms with Crippen LogP contribution in [0.2, 0.25) is 0 Å². The molecule has 6 nitrogen and oxygen atoms in total. The molecule has 0 rings (SSSR count). The molecule has 0 spiro atoms. The molecule has 1 atom stereocenters. The standard InChI is InChI=1S/C73H122O6/c1-4-7-10-13-16-19-22-24-26-28-30-31-32-33-34-35-36-37-38-39-40-41-43-44-46-48-51-54-57-60-63-66-72(75)78-69-70(68-77-71(74)65-62-59-56-53-50-21-18-15-12-9-6-3)79-73(76)67-64-61-58-55-52-49-47-45-42-29-27-25-23-20-17-14-11-8-5-2/h7-8,10-11,15-20,24-27,30-31,33-34,42,45,70H,4-6,9,12-14,21-23,28-29,32,35-41,43-44,46-69H2,1-3H3/b10-7-,11-8-,18-15-,19-16-,20-17-,26-24-,27-25-,31-30-,34-33-,45-42-. The molecule has 0 fully saturated rings. The van der Waals surface area contributed by atoms with Crippen LogP contribution in [-0.2, 0) is 28.6 Å². The Morgan fingerprint density at radius 1 is 0.266 bits per heavy atom. The van der Waals surface area contributed by atoms with E-state index in [9.17, 15) is 14.4 Å². The number of carbonyl (C=O) groups excluding carboxylic acids is 3. The fraction of sp³-hybridized carbons (Fsp3) is 0.685. The van der Waals surface area contributed by atoms with E-state index in [0.717, 1.165) is 135 Å². The van der Waals surface area contributed by atoms with Gasteiger partial charge in [0.05, 0.1) is 0 Å². The van der Waals surface area contributed by atoms with Crippen LogP contribution >= 0.6 is 0 Å². The van der Waals surface area contributed by atoms with Gasteiger partial charge in [-0.1, -0.05) is 284 Å². The van der Waals surface area contributed by atoms with Gasteiger partial charge in [-0.3, -0.25) is 14.4 Å². The first kappa shape index (κ1) is 74.8. The van der Waals surface area contributed by atoms with Crippen molar-refractivity contribution in [1.29, 1.82) is 0 Å². The Balaban J connectivity index is 4.22. The maximum Gasteiger partial charge on any atom is 0.306 e. The molecule has 0 saturated heterocycles. The molecule has 0 aromatic rings. The van der Waals surface area contributed by atoms with E-state index in [1.54, 1.807) is 0 Å². The molecule has 0 aliphatic carbocycles. The Morgan fingerprint density at radius 3 is 0.785 bits per heavy atom. The van der Waals surface area contributed by atoms with E-state index in [4.69, 9.17) is 14.2 Å². The zero-order valence-electron chi connectivity index (χ0n) is 51.6. The summed E-state index contributed by atoms with van der Waals surface area (Å²) in [6.45, 7) is 6.37. The van der Waals surface area contributed by atoms with Crippen molar-refractivity contribution in [2.45, 2.75) is 309 Å². The van der Waals surface area contributed by atoms with Crippen LogP contribution in [0.1, 0.15) is 303 Å². The highest BCUT2D eigenvalue weighted by molar-refractivity contribution is 5.71. The molecule has 1 unspecified atom stereocenters. The molecule has 0 aliphatic heterocycles. The number of ether oxygens (including phenoxy) is 3. The number of hydrogen-bond acceptors (Lipinski definition) is 6. The van der Waals surface area contributed by atoms with Crippen molar-refractivity contribution in [2.75, 3.05) is 13.2 Å². The SMILES string of the molecule is CC/C=C\C/C=C\C/C=C\C/C=C\C/C=C\CCCCCCCCCCCCCCCCCC(=O)OCC(COC(=O)CCCCCCC/C=C\CCCC)OC(=O)CCCCCCCC/C=C\C/C=C\C/C=C\C/C=C\CC. The summed E-state index contributed by atoms with van der Waals surface area (Å²) < 4.78 is 16.9. The first-order chi connectivity index (χ1) is 39.0. The van der Waals surface area contributed by atoms with Crippen molar-refractivity contribution >= 4 is 17.9 Å². The second-order valence-corrected chi connectivity index (χ2v) is 21.6. The van der Waals surface area contributed by atoms with Crippen LogP contribution in [0, 0.1) is 0 Å². The van der Waals surface area contributed by atoms with Crippen molar-refractivity contribution < 1.29 is 28.6 Å². The first-order valence-corrected chi connectivity index (χ1v) is 33.0. The Morgan fingerprint density at radius 2 is 0.494 bits per heavy atom. The van der Waals surface area contributed by atoms with Gasteiger partial charge in [-0.2, -0.15) is 0 Å². The minimum absolute atomic E-state index is 0.0869. The fourth-order valence-corrected chi connectivity index (χ4v) is 9.03. The molecule has 0 amide bonds. The summed E-state index contributed by atoms with van der Waals surface area (Å²) in [4.78, 5) is 38.3. The summed E-state index contributed by atoms with van der Waals surface area (Å²) in [6.07, 6.45) is 92.2. The van der Waals surface area contributed by atoms with Crippen molar-refractivity contribution in [1.82, 2.24) is 0 Å². The van der Waals surface area contributed by atoms with Gasteiger partial charge in [0.15, 0.2) is 6.10 Å². The molecule has 450 valence electrons. The number of unbranched alkanes of at least 4 members (excludes halogenated alkanes) is 28. The second-order valence-electron chi connectivity index (χ2n) is 21.6. The zero-order valence-corrected chi connectivity index (χ0v) is 51.6. The molecule has 0 aliphatic rings. The average Bonchev–Trinajstić information content (AvgIpc) is 3.45. The van der Waals surface area contributed by atoms with Crippen molar-refractivity contribution in [3.63, 3.8) is 0 Å². The molecule has 0 radical (unpaired) electrons. The molecule has 0 N–H and O–H groups in total. The quantitative estimate of drug-likeness (QED) is 0.0261. The van der Waals surface area contributed by atoms with E-state index < -0.39 is 6.10 Å². The van der Waals surface area contributed by atoms with Crippen LogP contribution in [-0.4, -0.2) is 37.2 Å². The smallest absolute Gasteiger partial charge is 0.306 e. The third-order valence-electron chi connectivity index (χ3n) is 13.9. The minimum atomic E-state index is -0.791. The van der Waals surface area contributed by atoms with Gasteiger partial charge in [-0.05, 0) is 122 Å². The average molecular weight is 1100 g/mol.